The zero-order chi connectivity index (χ0) is 15.6. The Morgan fingerprint density at radius 2 is 1.86 bits per heavy atom. The van der Waals surface area contributed by atoms with Gasteiger partial charge in [0.2, 0.25) is 0 Å². The molecule has 6 heteroatoms. The Balaban J connectivity index is 2.27. The van der Waals surface area contributed by atoms with E-state index in [-0.39, 0.29) is 5.91 Å². The molecule has 2 aromatic carbocycles. The molecule has 2 aromatic rings. The molecule has 0 saturated heterocycles. The van der Waals surface area contributed by atoms with E-state index in [1.807, 2.05) is 0 Å². The SMILES string of the molecule is CN(C)C(=O)c1ccc(Nc2ccc(Br)cc2F)c(N)c1. The molecule has 0 bridgehead atoms. The lowest BCUT2D eigenvalue weighted by molar-refractivity contribution is 0.0827. The van der Waals surface area contributed by atoms with Crippen molar-refractivity contribution in [1.82, 2.24) is 4.90 Å². The van der Waals surface area contributed by atoms with Gasteiger partial charge in [0, 0.05) is 24.1 Å². The van der Waals surface area contributed by atoms with Gasteiger partial charge in [-0.05, 0) is 36.4 Å². The minimum absolute atomic E-state index is 0.136. The van der Waals surface area contributed by atoms with Crippen molar-refractivity contribution in [3.8, 4) is 0 Å². The van der Waals surface area contributed by atoms with Crippen molar-refractivity contribution in [2.75, 3.05) is 25.1 Å². The maximum atomic E-state index is 13.8. The van der Waals surface area contributed by atoms with Gasteiger partial charge in [0.05, 0.1) is 17.1 Å². The zero-order valence-electron chi connectivity index (χ0n) is 11.7. The van der Waals surface area contributed by atoms with E-state index >= 15 is 0 Å². The van der Waals surface area contributed by atoms with Gasteiger partial charge in [0.15, 0.2) is 0 Å². The molecular weight excluding hydrogens is 337 g/mol. The van der Waals surface area contributed by atoms with Gasteiger partial charge in [-0.25, -0.2) is 4.39 Å². The van der Waals surface area contributed by atoms with E-state index in [0.29, 0.717) is 27.1 Å². The summed E-state index contributed by atoms with van der Waals surface area (Å²) in [6, 6.07) is 9.58. The standard InChI is InChI=1S/C15H15BrFN3O/c1-20(2)15(21)9-3-5-14(12(18)7-9)19-13-6-4-10(16)8-11(13)17/h3-8,19H,18H2,1-2H3. The van der Waals surface area contributed by atoms with Crippen LogP contribution in [0.25, 0.3) is 0 Å². The topological polar surface area (TPSA) is 58.4 Å². The number of carbonyl (C=O) groups excluding carboxylic acids is 1. The maximum absolute atomic E-state index is 13.8. The second-order valence-electron chi connectivity index (χ2n) is 4.75. The average Bonchev–Trinajstić information content (AvgIpc) is 2.42. The minimum atomic E-state index is -0.391. The summed E-state index contributed by atoms with van der Waals surface area (Å²) < 4.78 is 14.4. The highest BCUT2D eigenvalue weighted by Gasteiger charge is 2.11. The summed E-state index contributed by atoms with van der Waals surface area (Å²) in [7, 11) is 3.34. The van der Waals surface area contributed by atoms with Gasteiger partial charge >= 0.3 is 0 Å². The van der Waals surface area contributed by atoms with E-state index in [1.54, 1.807) is 44.4 Å². The third-order valence-corrected chi connectivity index (χ3v) is 3.40. The number of nitrogen functional groups attached to an aromatic ring is 1. The summed E-state index contributed by atoms with van der Waals surface area (Å²) in [6.07, 6.45) is 0. The molecule has 0 spiro atoms. The maximum Gasteiger partial charge on any atom is 0.253 e. The van der Waals surface area contributed by atoms with Crippen LogP contribution < -0.4 is 11.1 Å². The van der Waals surface area contributed by atoms with Gasteiger partial charge in [0.25, 0.3) is 5.91 Å². The van der Waals surface area contributed by atoms with Crippen molar-refractivity contribution in [2.45, 2.75) is 0 Å². The van der Waals surface area contributed by atoms with Crippen molar-refractivity contribution >= 4 is 38.9 Å². The minimum Gasteiger partial charge on any atom is -0.397 e. The normalized spacial score (nSPS) is 10.3. The molecule has 0 saturated carbocycles. The Morgan fingerprint density at radius 3 is 2.43 bits per heavy atom. The van der Waals surface area contributed by atoms with Crippen LogP contribution in [0.2, 0.25) is 0 Å². The smallest absolute Gasteiger partial charge is 0.253 e. The van der Waals surface area contributed by atoms with Crippen LogP contribution in [-0.4, -0.2) is 24.9 Å². The van der Waals surface area contributed by atoms with Crippen LogP contribution in [0.5, 0.6) is 0 Å². The predicted molar refractivity (Wildman–Crippen MR) is 86.3 cm³/mol. The van der Waals surface area contributed by atoms with Crippen LogP contribution >= 0.6 is 15.9 Å². The number of nitrogens with zero attached hydrogens (tertiary/aromatic N) is 1. The fourth-order valence-electron chi connectivity index (χ4n) is 1.80. The summed E-state index contributed by atoms with van der Waals surface area (Å²) in [5, 5.41) is 2.92. The van der Waals surface area contributed by atoms with Crippen LogP contribution in [0.15, 0.2) is 40.9 Å². The van der Waals surface area contributed by atoms with Gasteiger partial charge in [0.1, 0.15) is 5.82 Å². The molecule has 1 amide bonds. The molecule has 0 aliphatic rings. The molecule has 0 aliphatic heterocycles. The van der Waals surface area contributed by atoms with Crippen LogP contribution in [0.4, 0.5) is 21.5 Å². The molecule has 2 rings (SSSR count). The monoisotopic (exact) mass is 351 g/mol. The number of nitrogens with one attached hydrogen (secondary N) is 1. The van der Waals surface area contributed by atoms with Crippen LogP contribution in [0, 0.1) is 5.82 Å². The number of hydrogen-bond acceptors (Lipinski definition) is 3. The molecule has 0 heterocycles. The van der Waals surface area contributed by atoms with E-state index in [4.69, 9.17) is 5.73 Å². The number of amides is 1. The first-order valence-corrected chi connectivity index (χ1v) is 7.01. The first-order valence-electron chi connectivity index (χ1n) is 6.21. The van der Waals surface area contributed by atoms with Crippen LogP contribution in [0.3, 0.4) is 0 Å². The number of anilines is 3. The van der Waals surface area contributed by atoms with Crippen molar-refractivity contribution in [2.24, 2.45) is 0 Å². The fourth-order valence-corrected chi connectivity index (χ4v) is 2.14. The van der Waals surface area contributed by atoms with Gasteiger partial charge in [-0.1, -0.05) is 15.9 Å². The molecule has 0 atom stereocenters. The lowest BCUT2D eigenvalue weighted by Crippen LogP contribution is -2.21. The van der Waals surface area contributed by atoms with E-state index < -0.39 is 5.82 Å². The molecule has 110 valence electrons. The molecule has 0 fully saturated rings. The number of halogens is 2. The fraction of sp³-hybridized carbons (Fsp3) is 0.133. The molecule has 21 heavy (non-hydrogen) atoms. The van der Waals surface area contributed by atoms with Crippen molar-refractivity contribution in [1.29, 1.82) is 0 Å². The molecule has 0 unspecified atom stereocenters. The van der Waals surface area contributed by atoms with Crippen molar-refractivity contribution in [3.05, 3.63) is 52.3 Å². The highest BCUT2D eigenvalue weighted by Crippen LogP contribution is 2.27. The molecule has 0 aromatic heterocycles. The molecule has 0 radical (unpaired) electrons. The van der Waals surface area contributed by atoms with Crippen LogP contribution in [0.1, 0.15) is 10.4 Å². The second kappa shape index (κ2) is 6.13. The summed E-state index contributed by atoms with van der Waals surface area (Å²) in [5.74, 6) is -0.528. The lowest BCUT2D eigenvalue weighted by Gasteiger charge is -2.14. The quantitative estimate of drug-likeness (QED) is 0.830. The van der Waals surface area contributed by atoms with Crippen LogP contribution in [-0.2, 0) is 0 Å². The molecular formula is C15H15BrFN3O. The Hall–Kier alpha value is -2.08. The first kappa shape index (κ1) is 15.3. The number of nitrogens with two attached hydrogens (primary N) is 1. The molecule has 3 N–H and O–H groups in total. The summed E-state index contributed by atoms with van der Waals surface area (Å²) in [6.45, 7) is 0. The largest absolute Gasteiger partial charge is 0.397 e. The number of hydrogen-bond donors (Lipinski definition) is 2. The van der Waals surface area contributed by atoms with E-state index in [2.05, 4.69) is 21.2 Å². The Labute approximate surface area is 130 Å². The summed E-state index contributed by atoms with van der Waals surface area (Å²) >= 11 is 3.20. The Bertz CT molecular complexity index is 689. The number of carbonyl (C=O) groups is 1. The highest BCUT2D eigenvalue weighted by atomic mass is 79.9. The average molecular weight is 352 g/mol. The van der Waals surface area contributed by atoms with Gasteiger partial charge < -0.3 is 16.0 Å². The van der Waals surface area contributed by atoms with Gasteiger partial charge in [-0.15, -0.1) is 0 Å². The van der Waals surface area contributed by atoms with E-state index in [9.17, 15) is 9.18 Å². The van der Waals surface area contributed by atoms with Gasteiger partial charge in [-0.3, -0.25) is 4.79 Å². The predicted octanol–water partition coefficient (Wildman–Crippen LogP) is 3.62. The number of rotatable bonds is 3. The zero-order valence-corrected chi connectivity index (χ0v) is 13.2. The van der Waals surface area contributed by atoms with Crippen molar-refractivity contribution in [3.63, 3.8) is 0 Å². The van der Waals surface area contributed by atoms with E-state index in [1.165, 1.54) is 11.0 Å². The highest BCUT2D eigenvalue weighted by molar-refractivity contribution is 9.10. The summed E-state index contributed by atoms with van der Waals surface area (Å²) in [4.78, 5) is 13.3. The van der Waals surface area contributed by atoms with E-state index in [0.717, 1.165) is 0 Å². The first-order chi connectivity index (χ1) is 9.88. The third-order valence-electron chi connectivity index (χ3n) is 2.91. The molecule has 4 nitrogen and oxygen atoms in total. The third kappa shape index (κ3) is 3.52. The Morgan fingerprint density at radius 1 is 1.19 bits per heavy atom. The molecule has 0 aliphatic carbocycles. The Kier molecular flexibility index (Phi) is 4.47. The second-order valence-corrected chi connectivity index (χ2v) is 5.67. The summed E-state index contributed by atoms with van der Waals surface area (Å²) in [5.41, 5.74) is 7.65. The number of benzene rings is 2. The van der Waals surface area contributed by atoms with Crippen molar-refractivity contribution < 1.29 is 9.18 Å². The van der Waals surface area contributed by atoms with Gasteiger partial charge in [-0.2, -0.15) is 0 Å². The lowest BCUT2D eigenvalue weighted by atomic mass is 10.1.